The number of amides is 2. The summed E-state index contributed by atoms with van der Waals surface area (Å²) >= 11 is 0. The standard InChI is InChI=1S/C14H18N2O4/c17-11-8-20-12-10(7-19-13(11)12)16-14(18)15-6-9-4-2-1-3-5-9/h1-5,10-13,17H,6-8H2,(H2,15,16,18)/t10-,11+,12+,13+/m0/s1. The Bertz CT molecular complexity index is 468. The Morgan fingerprint density at radius 1 is 1.20 bits per heavy atom. The van der Waals surface area contributed by atoms with Crippen LogP contribution in [0.2, 0.25) is 0 Å². The molecule has 3 N–H and O–H groups in total. The van der Waals surface area contributed by atoms with E-state index in [0.717, 1.165) is 5.56 Å². The van der Waals surface area contributed by atoms with Gasteiger partial charge in [0.05, 0.1) is 19.3 Å². The van der Waals surface area contributed by atoms with Crippen molar-refractivity contribution < 1.29 is 19.4 Å². The van der Waals surface area contributed by atoms with Gasteiger partial charge in [-0.05, 0) is 5.56 Å². The quantitative estimate of drug-likeness (QED) is 0.728. The van der Waals surface area contributed by atoms with Gasteiger partial charge in [-0.2, -0.15) is 0 Å². The number of aliphatic hydroxyl groups is 1. The number of aliphatic hydroxyl groups excluding tert-OH is 1. The summed E-state index contributed by atoms with van der Waals surface area (Å²) in [6.07, 6.45) is -1.18. The first-order valence-corrected chi connectivity index (χ1v) is 6.73. The van der Waals surface area contributed by atoms with Gasteiger partial charge >= 0.3 is 6.03 Å². The smallest absolute Gasteiger partial charge is 0.315 e. The monoisotopic (exact) mass is 278 g/mol. The largest absolute Gasteiger partial charge is 0.388 e. The normalized spacial score (nSPS) is 31.9. The van der Waals surface area contributed by atoms with Crippen molar-refractivity contribution in [2.24, 2.45) is 0 Å². The van der Waals surface area contributed by atoms with Gasteiger partial charge in [0, 0.05) is 6.54 Å². The Labute approximate surface area is 117 Å². The summed E-state index contributed by atoms with van der Waals surface area (Å²) in [5, 5.41) is 15.2. The molecule has 0 bridgehead atoms. The summed E-state index contributed by atoms with van der Waals surface area (Å²) in [4.78, 5) is 11.8. The second-order valence-corrected chi connectivity index (χ2v) is 5.08. The molecular weight excluding hydrogens is 260 g/mol. The van der Waals surface area contributed by atoms with E-state index >= 15 is 0 Å². The lowest BCUT2D eigenvalue weighted by atomic mass is 10.1. The fraction of sp³-hybridized carbons (Fsp3) is 0.500. The van der Waals surface area contributed by atoms with Gasteiger partial charge in [-0.25, -0.2) is 4.79 Å². The number of carbonyl (C=O) groups excluding carboxylic acids is 1. The topological polar surface area (TPSA) is 79.8 Å². The molecule has 2 aliphatic rings. The summed E-state index contributed by atoms with van der Waals surface area (Å²) < 4.78 is 10.9. The van der Waals surface area contributed by atoms with Crippen LogP contribution in [0.15, 0.2) is 30.3 Å². The number of fused-ring (bicyclic) bond motifs is 1. The highest BCUT2D eigenvalue weighted by atomic mass is 16.6. The van der Waals surface area contributed by atoms with E-state index in [0.29, 0.717) is 13.2 Å². The minimum atomic E-state index is -0.598. The number of carbonyl (C=O) groups is 1. The number of benzene rings is 1. The molecule has 4 atom stereocenters. The van der Waals surface area contributed by atoms with E-state index in [1.54, 1.807) is 0 Å². The van der Waals surface area contributed by atoms with Crippen LogP contribution >= 0.6 is 0 Å². The van der Waals surface area contributed by atoms with Crippen molar-refractivity contribution in [3.8, 4) is 0 Å². The van der Waals surface area contributed by atoms with Crippen LogP contribution in [0.5, 0.6) is 0 Å². The molecule has 2 saturated heterocycles. The molecular formula is C14H18N2O4. The van der Waals surface area contributed by atoms with E-state index in [-0.39, 0.29) is 30.9 Å². The van der Waals surface area contributed by atoms with E-state index in [1.807, 2.05) is 30.3 Å². The molecule has 0 spiro atoms. The molecule has 0 unspecified atom stereocenters. The van der Waals surface area contributed by atoms with Crippen LogP contribution in [-0.2, 0) is 16.0 Å². The number of urea groups is 1. The van der Waals surface area contributed by atoms with Crippen molar-refractivity contribution in [1.82, 2.24) is 10.6 Å². The fourth-order valence-corrected chi connectivity index (χ4v) is 2.60. The highest BCUT2D eigenvalue weighted by Gasteiger charge is 2.47. The third-order valence-electron chi connectivity index (χ3n) is 3.64. The zero-order chi connectivity index (χ0) is 13.9. The molecule has 1 aromatic rings. The number of ether oxygens (including phenoxy) is 2. The maximum atomic E-state index is 11.8. The third-order valence-corrected chi connectivity index (χ3v) is 3.64. The van der Waals surface area contributed by atoms with Crippen molar-refractivity contribution in [1.29, 1.82) is 0 Å². The van der Waals surface area contributed by atoms with Gasteiger partial charge in [0.15, 0.2) is 0 Å². The molecule has 2 heterocycles. The van der Waals surface area contributed by atoms with Crippen LogP contribution in [-0.4, -0.2) is 48.7 Å². The van der Waals surface area contributed by atoms with Crippen molar-refractivity contribution in [3.63, 3.8) is 0 Å². The molecule has 1 aromatic carbocycles. The summed E-state index contributed by atoms with van der Waals surface area (Å²) in [5.74, 6) is 0. The minimum Gasteiger partial charge on any atom is -0.388 e. The maximum Gasteiger partial charge on any atom is 0.315 e. The maximum absolute atomic E-state index is 11.8. The van der Waals surface area contributed by atoms with E-state index in [4.69, 9.17) is 9.47 Å². The molecule has 0 saturated carbocycles. The lowest BCUT2D eigenvalue weighted by molar-refractivity contribution is 0.0179. The molecule has 2 fully saturated rings. The molecule has 20 heavy (non-hydrogen) atoms. The number of nitrogens with one attached hydrogen (secondary N) is 2. The molecule has 2 aliphatic heterocycles. The summed E-state index contributed by atoms with van der Waals surface area (Å²) in [6.45, 7) is 1.10. The highest BCUT2D eigenvalue weighted by Crippen LogP contribution is 2.26. The molecule has 108 valence electrons. The summed E-state index contributed by atoms with van der Waals surface area (Å²) in [7, 11) is 0. The molecule has 6 heteroatoms. The molecule has 0 aromatic heterocycles. The van der Waals surface area contributed by atoms with E-state index in [1.165, 1.54) is 0 Å². The van der Waals surface area contributed by atoms with Gasteiger partial charge in [-0.15, -0.1) is 0 Å². The second-order valence-electron chi connectivity index (χ2n) is 5.08. The SMILES string of the molecule is O=C(NCc1ccccc1)N[C@H]1CO[C@H]2[C@@H]1OC[C@H]2O. The van der Waals surface area contributed by atoms with Crippen molar-refractivity contribution in [2.75, 3.05) is 13.2 Å². The van der Waals surface area contributed by atoms with Crippen molar-refractivity contribution in [3.05, 3.63) is 35.9 Å². The van der Waals surface area contributed by atoms with Gasteiger partial charge in [-0.1, -0.05) is 30.3 Å². The lowest BCUT2D eigenvalue weighted by Gasteiger charge is -2.17. The molecule has 6 nitrogen and oxygen atoms in total. The van der Waals surface area contributed by atoms with Gasteiger partial charge in [0.2, 0.25) is 0 Å². The van der Waals surface area contributed by atoms with Crippen LogP contribution in [0.3, 0.4) is 0 Å². The minimum absolute atomic E-state index is 0.215. The third kappa shape index (κ3) is 2.77. The Kier molecular flexibility index (Phi) is 3.86. The molecule has 0 radical (unpaired) electrons. The van der Waals surface area contributed by atoms with Crippen molar-refractivity contribution >= 4 is 6.03 Å². The number of hydrogen-bond acceptors (Lipinski definition) is 4. The Hall–Kier alpha value is -1.63. The molecule has 2 amide bonds. The average molecular weight is 278 g/mol. The van der Waals surface area contributed by atoms with E-state index < -0.39 is 6.10 Å². The number of hydrogen-bond donors (Lipinski definition) is 3. The van der Waals surface area contributed by atoms with E-state index in [9.17, 15) is 9.90 Å². The zero-order valence-electron chi connectivity index (χ0n) is 11.0. The Morgan fingerprint density at radius 3 is 2.75 bits per heavy atom. The van der Waals surface area contributed by atoms with Crippen LogP contribution in [0.1, 0.15) is 5.56 Å². The first-order valence-electron chi connectivity index (χ1n) is 6.73. The second kappa shape index (κ2) is 5.78. The first-order chi connectivity index (χ1) is 9.74. The van der Waals surface area contributed by atoms with Crippen LogP contribution in [0.25, 0.3) is 0 Å². The van der Waals surface area contributed by atoms with Gasteiger partial charge in [0.25, 0.3) is 0 Å². The Balaban J connectivity index is 1.48. The molecule has 0 aliphatic carbocycles. The lowest BCUT2D eigenvalue weighted by Crippen LogP contribution is -2.48. The van der Waals surface area contributed by atoms with Gasteiger partial charge < -0.3 is 25.2 Å². The Morgan fingerprint density at radius 2 is 1.95 bits per heavy atom. The van der Waals surface area contributed by atoms with Crippen molar-refractivity contribution in [2.45, 2.75) is 30.9 Å². The van der Waals surface area contributed by atoms with Crippen LogP contribution in [0.4, 0.5) is 4.79 Å². The van der Waals surface area contributed by atoms with Gasteiger partial charge in [0.1, 0.15) is 18.3 Å². The van der Waals surface area contributed by atoms with Crippen LogP contribution < -0.4 is 10.6 Å². The average Bonchev–Trinajstić information content (AvgIpc) is 3.02. The first kappa shape index (κ1) is 13.4. The highest BCUT2D eigenvalue weighted by molar-refractivity contribution is 5.74. The predicted octanol–water partition coefficient (Wildman–Crippen LogP) is 0.0129. The fourth-order valence-electron chi connectivity index (χ4n) is 2.60. The summed E-state index contributed by atoms with van der Waals surface area (Å²) in [6, 6.07) is 9.22. The van der Waals surface area contributed by atoms with Crippen LogP contribution in [0, 0.1) is 0 Å². The predicted molar refractivity (Wildman–Crippen MR) is 71.1 cm³/mol. The summed E-state index contributed by atoms with van der Waals surface area (Å²) in [5.41, 5.74) is 1.04. The number of rotatable bonds is 3. The molecule has 3 rings (SSSR count). The zero-order valence-corrected chi connectivity index (χ0v) is 11.0. The van der Waals surface area contributed by atoms with Gasteiger partial charge in [-0.3, -0.25) is 0 Å². The van der Waals surface area contributed by atoms with E-state index in [2.05, 4.69) is 10.6 Å².